The van der Waals surface area contributed by atoms with Crippen molar-refractivity contribution >= 4 is 11.5 Å². The highest BCUT2D eigenvalue weighted by Crippen LogP contribution is 2.37. The van der Waals surface area contributed by atoms with Gasteiger partial charge in [-0.05, 0) is 55.7 Å². The number of hydrogen-bond donors (Lipinski definition) is 0. The molecule has 0 radical (unpaired) electrons. The number of urea groups is 1. The summed E-state index contributed by atoms with van der Waals surface area (Å²) in [5.74, 6) is 1.26. The average Bonchev–Trinajstić information content (AvgIpc) is 3.32. The van der Waals surface area contributed by atoms with Gasteiger partial charge in [-0.25, -0.2) is 9.78 Å². The van der Waals surface area contributed by atoms with E-state index in [1.54, 1.807) is 41.4 Å². The normalized spacial score (nSPS) is 19.7. The molecule has 0 N–H and O–H groups in total. The van der Waals surface area contributed by atoms with Gasteiger partial charge in [0.05, 0.1) is 24.5 Å². The Bertz CT molecular complexity index is 1450. The van der Waals surface area contributed by atoms with Crippen LogP contribution in [0, 0.1) is 5.82 Å². The maximum absolute atomic E-state index is 14.5. The fraction of sp³-hybridized carbons (Fsp3) is 0.321. The van der Waals surface area contributed by atoms with Gasteiger partial charge in [0, 0.05) is 50.1 Å². The summed E-state index contributed by atoms with van der Waals surface area (Å²) in [5.41, 5.74) is 2.61. The van der Waals surface area contributed by atoms with E-state index in [1.165, 1.54) is 7.11 Å². The Kier molecular flexibility index (Phi) is 5.90. The summed E-state index contributed by atoms with van der Waals surface area (Å²) in [6.45, 7) is 1.48. The zero-order chi connectivity index (χ0) is 25.5. The number of carbonyl (C=O) groups is 1. The van der Waals surface area contributed by atoms with Gasteiger partial charge in [-0.2, -0.15) is 4.39 Å². The Morgan fingerprint density at radius 3 is 2.68 bits per heavy atom. The van der Waals surface area contributed by atoms with Gasteiger partial charge >= 0.3 is 6.03 Å². The van der Waals surface area contributed by atoms with E-state index in [0.29, 0.717) is 18.3 Å². The van der Waals surface area contributed by atoms with Gasteiger partial charge in [-0.1, -0.05) is 6.07 Å². The molecule has 2 amide bonds. The lowest BCUT2D eigenvalue weighted by molar-refractivity contribution is 0.0805. The molecule has 2 aromatic carbocycles. The van der Waals surface area contributed by atoms with E-state index < -0.39 is 5.82 Å². The molecular weight excluding hydrogens is 473 g/mol. The van der Waals surface area contributed by atoms with Crippen LogP contribution >= 0.6 is 0 Å². The topological polar surface area (TPSA) is 72.2 Å². The van der Waals surface area contributed by atoms with Gasteiger partial charge < -0.3 is 19.3 Å². The predicted octanol–water partition coefficient (Wildman–Crippen LogP) is 5.34. The van der Waals surface area contributed by atoms with Crippen molar-refractivity contribution in [3.8, 4) is 28.5 Å². The molecule has 4 heterocycles. The summed E-state index contributed by atoms with van der Waals surface area (Å²) in [7, 11) is 3.29. The van der Waals surface area contributed by atoms with Crippen molar-refractivity contribution in [1.29, 1.82) is 0 Å². The molecule has 0 bridgehead atoms. The van der Waals surface area contributed by atoms with Gasteiger partial charge in [0.1, 0.15) is 11.6 Å². The van der Waals surface area contributed by atoms with Crippen LogP contribution < -0.4 is 9.47 Å². The number of carbonyl (C=O) groups excluding carboxylic acids is 1. The highest BCUT2D eigenvalue weighted by Gasteiger charge is 2.38. The second-order valence-corrected chi connectivity index (χ2v) is 9.62. The summed E-state index contributed by atoms with van der Waals surface area (Å²) in [5, 5.41) is 0. The number of benzene rings is 2. The number of methoxy groups -OCH3 is 1. The summed E-state index contributed by atoms with van der Waals surface area (Å²) in [4.78, 5) is 26.0. The van der Waals surface area contributed by atoms with Crippen LogP contribution in [0.25, 0.3) is 16.8 Å². The van der Waals surface area contributed by atoms with E-state index in [4.69, 9.17) is 14.5 Å². The molecule has 0 aliphatic carbocycles. The van der Waals surface area contributed by atoms with Crippen LogP contribution in [0.5, 0.6) is 17.2 Å². The highest BCUT2D eigenvalue weighted by molar-refractivity contribution is 5.78. The van der Waals surface area contributed by atoms with E-state index in [1.807, 2.05) is 36.5 Å². The molecule has 4 aromatic rings. The molecule has 2 saturated heterocycles. The third-order valence-electron chi connectivity index (χ3n) is 7.42. The first-order valence-electron chi connectivity index (χ1n) is 12.5. The third kappa shape index (κ3) is 4.14. The monoisotopic (exact) mass is 501 g/mol. The van der Waals surface area contributed by atoms with Gasteiger partial charge in [0.2, 0.25) is 5.82 Å². The number of aromatic nitrogens is 3. The van der Waals surface area contributed by atoms with Crippen LogP contribution in [0.3, 0.4) is 0 Å². The van der Waals surface area contributed by atoms with Crippen LogP contribution in [0.1, 0.15) is 31.0 Å². The van der Waals surface area contributed by atoms with E-state index in [9.17, 15) is 9.18 Å². The average molecular weight is 502 g/mol. The molecule has 6 rings (SSSR count). The lowest BCUT2D eigenvalue weighted by Crippen LogP contribution is -2.56. The second-order valence-electron chi connectivity index (χ2n) is 9.62. The molecule has 0 saturated carbocycles. The molecule has 1 unspecified atom stereocenters. The molecule has 8 nitrogen and oxygen atoms in total. The van der Waals surface area contributed by atoms with E-state index >= 15 is 0 Å². The van der Waals surface area contributed by atoms with Crippen molar-refractivity contribution in [3.05, 3.63) is 72.7 Å². The standard InChI is InChI=1S/C28H28FN5O3/c1-32-14-12-20-9-6-19(17-34(20)28(32)35)27-31-26(22-16-30-13-15-33(22)27)18-7-10-21(11-8-18)37-24-5-3-4-23(36-2)25(24)29/h3-5,7-8,10-11,13,15-16,19-20H,6,9,12,14,17H2,1-2H3/t19-,20?/m1/s1. The van der Waals surface area contributed by atoms with Gasteiger partial charge in [0.15, 0.2) is 11.5 Å². The van der Waals surface area contributed by atoms with Crippen molar-refractivity contribution in [2.75, 3.05) is 27.2 Å². The third-order valence-corrected chi connectivity index (χ3v) is 7.42. The maximum Gasteiger partial charge on any atom is 0.320 e. The Balaban J connectivity index is 1.29. The zero-order valence-corrected chi connectivity index (χ0v) is 20.8. The number of halogens is 1. The fourth-order valence-corrected chi connectivity index (χ4v) is 5.43. The number of imidazole rings is 1. The van der Waals surface area contributed by atoms with Crippen molar-refractivity contribution in [2.24, 2.45) is 0 Å². The number of ether oxygens (including phenoxy) is 2. The minimum absolute atomic E-state index is 0.0968. The predicted molar refractivity (Wildman–Crippen MR) is 137 cm³/mol. The molecule has 37 heavy (non-hydrogen) atoms. The van der Waals surface area contributed by atoms with Crippen LogP contribution in [0.15, 0.2) is 61.1 Å². The van der Waals surface area contributed by atoms with E-state index in [-0.39, 0.29) is 23.4 Å². The number of rotatable bonds is 5. The summed E-state index contributed by atoms with van der Waals surface area (Å²) >= 11 is 0. The van der Waals surface area contributed by atoms with Crippen LogP contribution in [-0.4, -0.2) is 63.5 Å². The number of amides is 2. The Labute approximate surface area is 214 Å². The minimum Gasteiger partial charge on any atom is -0.494 e. The first-order chi connectivity index (χ1) is 18.0. The summed E-state index contributed by atoms with van der Waals surface area (Å²) < 4.78 is 27.4. The first kappa shape index (κ1) is 23.3. The second kappa shape index (κ2) is 9.38. The molecule has 0 spiro atoms. The Morgan fingerprint density at radius 1 is 1.05 bits per heavy atom. The molecule has 9 heteroatoms. The van der Waals surface area contributed by atoms with E-state index in [0.717, 1.165) is 48.4 Å². The summed E-state index contributed by atoms with van der Waals surface area (Å²) in [6.07, 6.45) is 8.48. The van der Waals surface area contributed by atoms with Crippen molar-refractivity contribution in [1.82, 2.24) is 24.2 Å². The van der Waals surface area contributed by atoms with Crippen molar-refractivity contribution < 1.29 is 18.7 Å². The molecule has 2 fully saturated rings. The largest absolute Gasteiger partial charge is 0.494 e. The smallest absolute Gasteiger partial charge is 0.320 e. The lowest BCUT2D eigenvalue weighted by atomic mass is 9.89. The highest BCUT2D eigenvalue weighted by atomic mass is 19.1. The number of fused-ring (bicyclic) bond motifs is 2. The molecule has 2 aliphatic rings. The van der Waals surface area contributed by atoms with Gasteiger partial charge in [-0.15, -0.1) is 0 Å². The molecule has 2 aliphatic heterocycles. The quantitative estimate of drug-likeness (QED) is 0.369. The Hall–Kier alpha value is -4.14. The Morgan fingerprint density at radius 2 is 1.86 bits per heavy atom. The zero-order valence-electron chi connectivity index (χ0n) is 20.8. The molecule has 190 valence electrons. The molecule has 2 atom stereocenters. The first-order valence-corrected chi connectivity index (χ1v) is 12.5. The van der Waals surface area contributed by atoms with Crippen LogP contribution in [-0.2, 0) is 0 Å². The van der Waals surface area contributed by atoms with Gasteiger partial charge in [0.25, 0.3) is 0 Å². The van der Waals surface area contributed by atoms with Crippen LogP contribution in [0.4, 0.5) is 9.18 Å². The minimum atomic E-state index is -0.544. The molecule has 2 aromatic heterocycles. The number of hydrogen-bond acceptors (Lipinski definition) is 5. The number of nitrogens with zero attached hydrogens (tertiary/aromatic N) is 5. The van der Waals surface area contributed by atoms with Gasteiger partial charge in [-0.3, -0.25) is 9.38 Å². The number of piperidine rings is 1. The van der Waals surface area contributed by atoms with E-state index in [2.05, 4.69) is 9.38 Å². The van der Waals surface area contributed by atoms with Crippen molar-refractivity contribution in [3.63, 3.8) is 0 Å². The SMILES string of the molecule is COc1cccc(Oc2ccc(-c3nc([C@@H]4CCC5CCN(C)C(=O)N5C4)n4ccncc34)cc2)c1F. The van der Waals surface area contributed by atoms with Crippen LogP contribution in [0.2, 0.25) is 0 Å². The lowest BCUT2D eigenvalue weighted by Gasteiger charge is -2.45. The summed E-state index contributed by atoms with van der Waals surface area (Å²) in [6, 6.07) is 12.6. The van der Waals surface area contributed by atoms with Crippen molar-refractivity contribution in [2.45, 2.75) is 31.2 Å². The molecular formula is C28H28FN5O3. The maximum atomic E-state index is 14.5. The fourth-order valence-electron chi connectivity index (χ4n) is 5.43.